The summed E-state index contributed by atoms with van der Waals surface area (Å²) in [6, 6.07) is -0.540. The summed E-state index contributed by atoms with van der Waals surface area (Å²) in [6.07, 6.45) is 78.2. The molecule has 0 aliphatic heterocycles. The van der Waals surface area contributed by atoms with Gasteiger partial charge in [-0.2, -0.15) is 0 Å². The smallest absolute Gasteiger partial charge is 0.305 e. The fraction of sp³-hybridized carbons (Fsp3) is 0.941. The van der Waals surface area contributed by atoms with Crippen molar-refractivity contribution in [3.05, 3.63) is 12.2 Å². The van der Waals surface area contributed by atoms with Gasteiger partial charge in [-0.25, -0.2) is 0 Å². The molecule has 3 N–H and O–H groups in total. The van der Waals surface area contributed by atoms with Crippen molar-refractivity contribution >= 4 is 11.9 Å². The number of carbonyl (C=O) groups excluding carboxylic acids is 2. The molecule has 0 aromatic carbocycles. The van der Waals surface area contributed by atoms with Crippen molar-refractivity contribution in [2.75, 3.05) is 13.2 Å². The number of allylic oxidation sites excluding steroid dienone is 2. The van der Waals surface area contributed by atoms with Crippen LogP contribution in [0.2, 0.25) is 0 Å². The van der Waals surface area contributed by atoms with Crippen molar-refractivity contribution in [2.45, 2.75) is 398 Å². The average molecular weight is 1040 g/mol. The lowest BCUT2D eigenvalue weighted by molar-refractivity contribution is -0.143. The summed E-state index contributed by atoms with van der Waals surface area (Å²) in [7, 11) is 0. The van der Waals surface area contributed by atoms with Gasteiger partial charge in [0.1, 0.15) is 0 Å². The summed E-state index contributed by atoms with van der Waals surface area (Å²) in [4.78, 5) is 24.5. The maximum absolute atomic E-state index is 12.5. The summed E-state index contributed by atoms with van der Waals surface area (Å²) in [5.74, 6) is -0.0134. The van der Waals surface area contributed by atoms with Crippen LogP contribution in [0.5, 0.6) is 0 Å². The van der Waals surface area contributed by atoms with Crippen LogP contribution in [0.1, 0.15) is 386 Å². The number of esters is 1. The van der Waals surface area contributed by atoms with Crippen LogP contribution in [-0.2, 0) is 14.3 Å². The van der Waals surface area contributed by atoms with E-state index in [0.717, 1.165) is 38.5 Å². The van der Waals surface area contributed by atoms with Gasteiger partial charge >= 0.3 is 5.97 Å². The highest BCUT2D eigenvalue weighted by atomic mass is 16.5. The molecule has 440 valence electrons. The second-order valence-corrected chi connectivity index (χ2v) is 23.5. The van der Waals surface area contributed by atoms with Crippen molar-refractivity contribution in [2.24, 2.45) is 0 Å². The Kier molecular flexibility index (Phi) is 62.9. The molecular weight excluding hydrogens is 911 g/mol. The molecule has 0 saturated heterocycles. The van der Waals surface area contributed by atoms with Crippen molar-refractivity contribution in [1.82, 2.24) is 5.32 Å². The Morgan fingerprint density at radius 1 is 0.365 bits per heavy atom. The zero-order chi connectivity index (χ0) is 53.6. The SMILES string of the molecule is CCCCCCCCCCCCCCCCCCCC(O)C(CO)NC(=O)CCCCCCCCCCCCCCC/C=C\CCCCCCCCCCCCCCOC(=O)CCCCCCCCCCCCC. The Hall–Kier alpha value is -1.40. The van der Waals surface area contributed by atoms with Gasteiger partial charge in [0, 0.05) is 12.8 Å². The van der Waals surface area contributed by atoms with Crippen molar-refractivity contribution in [3.63, 3.8) is 0 Å². The van der Waals surface area contributed by atoms with Crippen LogP contribution in [-0.4, -0.2) is 47.4 Å². The number of ether oxygens (including phenoxy) is 1. The number of rotatable bonds is 64. The molecule has 0 rings (SSSR count). The van der Waals surface area contributed by atoms with E-state index >= 15 is 0 Å². The minimum atomic E-state index is -0.663. The predicted molar refractivity (Wildman–Crippen MR) is 324 cm³/mol. The first kappa shape index (κ1) is 72.6. The molecule has 2 unspecified atom stereocenters. The number of hydrogen-bond donors (Lipinski definition) is 3. The van der Waals surface area contributed by atoms with Gasteiger partial charge in [-0.15, -0.1) is 0 Å². The van der Waals surface area contributed by atoms with Crippen LogP contribution in [0.4, 0.5) is 0 Å². The van der Waals surface area contributed by atoms with E-state index in [1.54, 1.807) is 0 Å². The molecule has 0 aliphatic rings. The minimum Gasteiger partial charge on any atom is -0.466 e. The van der Waals surface area contributed by atoms with Crippen LogP contribution < -0.4 is 5.32 Å². The molecule has 0 aliphatic carbocycles. The first-order valence-electron chi connectivity index (χ1n) is 33.9. The van der Waals surface area contributed by atoms with Gasteiger partial charge in [-0.1, -0.05) is 334 Å². The van der Waals surface area contributed by atoms with E-state index in [1.807, 2.05) is 0 Å². The topological polar surface area (TPSA) is 95.9 Å². The molecule has 74 heavy (non-hydrogen) atoms. The van der Waals surface area contributed by atoms with Crippen molar-refractivity contribution in [3.8, 4) is 0 Å². The van der Waals surface area contributed by atoms with Crippen LogP contribution in [0.3, 0.4) is 0 Å². The lowest BCUT2D eigenvalue weighted by Crippen LogP contribution is -2.45. The molecule has 0 fully saturated rings. The molecule has 0 saturated carbocycles. The van der Waals surface area contributed by atoms with E-state index in [1.165, 1.54) is 315 Å². The van der Waals surface area contributed by atoms with Gasteiger partial charge < -0.3 is 20.3 Å². The van der Waals surface area contributed by atoms with Crippen LogP contribution in [0.25, 0.3) is 0 Å². The number of unbranched alkanes of at least 4 members (excludes halogenated alkanes) is 51. The van der Waals surface area contributed by atoms with Gasteiger partial charge in [0.25, 0.3) is 0 Å². The number of carbonyl (C=O) groups is 2. The number of amides is 1. The molecule has 0 radical (unpaired) electrons. The lowest BCUT2D eigenvalue weighted by Gasteiger charge is -2.22. The molecule has 6 nitrogen and oxygen atoms in total. The third-order valence-corrected chi connectivity index (χ3v) is 16.1. The highest BCUT2D eigenvalue weighted by molar-refractivity contribution is 5.76. The highest BCUT2D eigenvalue weighted by Gasteiger charge is 2.20. The molecule has 0 spiro atoms. The number of nitrogens with one attached hydrogen (secondary N) is 1. The van der Waals surface area contributed by atoms with E-state index in [-0.39, 0.29) is 18.5 Å². The summed E-state index contributed by atoms with van der Waals surface area (Å²) >= 11 is 0. The largest absolute Gasteiger partial charge is 0.466 e. The zero-order valence-corrected chi connectivity index (χ0v) is 50.4. The highest BCUT2D eigenvalue weighted by Crippen LogP contribution is 2.19. The molecule has 0 bridgehead atoms. The molecule has 0 aromatic heterocycles. The normalized spacial score (nSPS) is 12.5. The lowest BCUT2D eigenvalue weighted by atomic mass is 10.0. The average Bonchev–Trinajstić information content (AvgIpc) is 3.40. The van der Waals surface area contributed by atoms with Gasteiger partial charge in [0.05, 0.1) is 25.4 Å². The van der Waals surface area contributed by atoms with Crippen LogP contribution in [0.15, 0.2) is 12.2 Å². The summed E-state index contributed by atoms with van der Waals surface area (Å²) in [6.45, 7) is 4.99. The second kappa shape index (κ2) is 64.1. The fourth-order valence-corrected chi connectivity index (χ4v) is 10.9. The quantitative estimate of drug-likeness (QED) is 0.0320. The maximum Gasteiger partial charge on any atom is 0.305 e. The molecule has 6 heteroatoms. The van der Waals surface area contributed by atoms with Crippen LogP contribution >= 0.6 is 0 Å². The Labute approximate surface area is 463 Å². The Bertz CT molecular complexity index is 1110. The third-order valence-electron chi connectivity index (χ3n) is 16.1. The Balaban J connectivity index is 3.37. The molecule has 1 amide bonds. The molecule has 0 aromatic rings. The molecular formula is C68H133NO5. The van der Waals surface area contributed by atoms with Gasteiger partial charge in [-0.3, -0.25) is 9.59 Å². The van der Waals surface area contributed by atoms with Crippen molar-refractivity contribution in [1.29, 1.82) is 0 Å². The Morgan fingerprint density at radius 3 is 0.959 bits per heavy atom. The number of hydrogen-bond acceptors (Lipinski definition) is 5. The van der Waals surface area contributed by atoms with E-state index in [9.17, 15) is 19.8 Å². The third kappa shape index (κ3) is 59.8. The van der Waals surface area contributed by atoms with E-state index in [2.05, 4.69) is 31.3 Å². The zero-order valence-electron chi connectivity index (χ0n) is 50.4. The summed E-state index contributed by atoms with van der Waals surface area (Å²) < 4.78 is 5.47. The monoisotopic (exact) mass is 1040 g/mol. The van der Waals surface area contributed by atoms with E-state index < -0.39 is 12.1 Å². The van der Waals surface area contributed by atoms with Crippen LogP contribution in [0, 0.1) is 0 Å². The number of aliphatic hydroxyl groups excluding tert-OH is 2. The van der Waals surface area contributed by atoms with E-state index in [0.29, 0.717) is 25.9 Å². The maximum atomic E-state index is 12.5. The Morgan fingerprint density at radius 2 is 0.635 bits per heavy atom. The van der Waals surface area contributed by atoms with Gasteiger partial charge in [0.2, 0.25) is 5.91 Å². The second-order valence-electron chi connectivity index (χ2n) is 23.5. The van der Waals surface area contributed by atoms with Gasteiger partial charge in [-0.05, 0) is 51.4 Å². The molecule has 0 heterocycles. The standard InChI is InChI=1S/C68H133NO5/c1-3-5-7-9-11-13-15-16-17-31-34-37-41-44-48-52-56-60-66(71)65(64-70)69-67(72)61-57-53-49-45-42-38-35-32-29-27-25-23-21-19-18-20-22-24-26-28-30-33-36-39-43-47-51-55-59-63-74-68(73)62-58-54-50-46-40-14-12-10-8-6-4-2/h18,20,65-66,70-71H,3-17,19,21-64H2,1-2H3,(H,69,72)/b20-18-. The minimum absolute atomic E-state index is 0.0169. The predicted octanol–water partition coefficient (Wildman–Crippen LogP) is 21.6. The molecule has 2 atom stereocenters. The summed E-state index contributed by atoms with van der Waals surface area (Å²) in [5, 5.41) is 23.4. The van der Waals surface area contributed by atoms with Gasteiger partial charge in [0.15, 0.2) is 0 Å². The first-order chi connectivity index (χ1) is 36.5. The number of aliphatic hydroxyl groups is 2. The fourth-order valence-electron chi connectivity index (χ4n) is 10.9. The van der Waals surface area contributed by atoms with E-state index in [4.69, 9.17) is 4.74 Å². The summed E-state index contributed by atoms with van der Waals surface area (Å²) in [5.41, 5.74) is 0. The van der Waals surface area contributed by atoms with Crippen molar-refractivity contribution < 1.29 is 24.5 Å². The first-order valence-corrected chi connectivity index (χ1v) is 33.9.